The van der Waals surface area contributed by atoms with E-state index in [2.05, 4.69) is 13.8 Å². The number of halogens is 1. The van der Waals surface area contributed by atoms with Crippen LogP contribution >= 0.6 is 0 Å². The Kier molecular flexibility index (Phi) is 12.9. The Hall–Kier alpha value is -0.0700. The molecule has 98 valence electrons. The first-order valence-electron chi connectivity index (χ1n) is 7.41. The molecule has 0 aliphatic carbocycles. The van der Waals surface area contributed by atoms with Crippen LogP contribution in [0.3, 0.4) is 0 Å². The van der Waals surface area contributed by atoms with Gasteiger partial charge in [-0.15, -0.1) is 0 Å². The van der Waals surface area contributed by atoms with Crippen molar-refractivity contribution in [3.05, 3.63) is 0 Å². The molecule has 0 unspecified atom stereocenters. The van der Waals surface area contributed by atoms with E-state index in [1.807, 2.05) is 0 Å². The number of unbranched alkanes of at least 4 members (excludes halogenated alkanes) is 6. The van der Waals surface area contributed by atoms with Gasteiger partial charge in [0, 0.05) is 0 Å². The minimum absolute atomic E-state index is 0.119. The average molecular weight is 230 g/mol. The quantitative estimate of drug-likeness (QED) is 0.366. The number of hydrogen-bond donors (Lipinski definition) is 0. The molecule has 0 rings (SSSR count). The lowest BCUT2D eigenvalue weighted by Gasteiger charge is -2.14. The monoisotopic (exact) mass is 230 g/mol. The third kappa shape index (κ3) is 10.4. The summed E-state index contributed by atoms with van der Waals surface area (Å²) in [4.78, 5) is 0. The molecular formula is C15H31F. The van der Waals surface area contributed by atoms with E-state index < -0.39 is 0 Å². The molecule has 0 heterocycles. The predicted octanol–water partition coefficient (Wildman–Crippen LogP) is 5.90. The SMILES string of the molecule is CCCCCCC(CCF)CCCCCC. The van der Waals surface area contributed by atoms with Crippen molar-refractivity contribution in [1.82, 2.24) is 0 Å². The second-order valence-electron chi connectivity index (χ2n) is 5.04. The summed E-state index contributed by atoms with van der Waals surface area (Å²) in [5.41, 5.74) is 0. The summed E-state index contributed by atoms with van der Waals surface area (Å²) in [6, 6.07) is 0. The molecule has 0 radical (unpaired) electrons. The molecule has 0 spiro atoms. The Labute approximate surface area is 102 Å². The third-order valence-corrected chi connectivity index (χ3v) is 3.45. The van der Waals surface area contributed by atoms with Crippen molar-refractivity contribution in [2.75, 3.05) is 6.67 Å². The fourth-order valence-corrected chi connectivity index (χ4v) is 2.31. The average Bonchev–Trinajstić information content (AvgIpc) is 2.30. The standard InChI is InChI=1S/C15H31F/c1-3-5-7-9-11-15(13-14-16)12-10-8-6-4-2/h15H,3-14H2,1-2H3. The summed E-state index contributed by atoms with van der Waals surface area (Å²) in [5, 5.41) is 0. The van der Waals surface area contributed by atoms with Crippen molar-refractivity contribution in [2.24, 2.45) is 5.92 Å². The summed E-state index contributed by atoms with van der Waals surface area (Å²) in [5.74, 6) is 0.665. The van der Waals surface area contributed by atoms with Crippen LogP contribution in [0.4, 0.5) is 4.39 Å². The summed E-state index contributed by atoms with van der Waals surface area (Å²) in [6.45, 7) is 4.36. The second kappa shape index (κ2) is 13.0. The Morgan fingerprint density at radius 2 is 1.19 bits per heavy atom. The van der Waals surface area contributed by atoms with E-state index >= 15 is 0 Å². The Morgan fingerprint density at radius 1 is 0.688 bits per heavy atom. The zero-order valence-corrected chi connectivity index (χ0v) is 11.4. The normalized spacial score (nSPS) is 11.2. The minimum Gasteiger partial charge on any atom is -0.251 e. The van der Waals surface area contributed by atoms with Gasteiger partial charge in [-0.1, -0.05) is 78.1 Å². The molecule has 0 atom stereocenters. The van der Waals surface area contributed by atoms with Crippen molar-refractivity contribution in [2.45, 2.75) is 84.5 Å². The minimum atomic E-state index is -0.119. The summed E-state index contributed by atoms with van der Waals surface area (Å²) >= 11 is 0. The highest BCUT2D eigenvalue weighted by Gasteiger charge is 2.07. The second-order valence-corrected chi connectivity index (χ2v) is 5.04. The Bertz CT molecular complexity index is 111. The van der Waals surface area contributed by atoms with Gasteiger partial charge in [-0.2, -0.15) is 0 Å². The molecule has 0 fully saturated rings. The van der Waals surface area contributed by atoms with Gasteiger partial charge in [0.25, 0.3) is 0 Å². The summed E-state index contributed by atoms with van der Waals surface area (Å²) in [6.07, 6.45) is 13.9. The molecule has 0 N–H and O–H groups in total. The molecule has 1 heteroatoms. The van der Waals surface area contributed by atoms with Crippen LogP contribution in [-0.2, 0) is 0 Å². The molecule has 0 amide bonds. The van der Waals surface area contributed by atoms with Crippen LogP contribution in [-0.4, -0.2) is 6.67 Å². The first-order chi connectivity index (χ1) is 7.85. The van der Waals surface area contributed by atoms with Crippen molar-refractivity contribution in [3.63, 3.8) is 0 Å². The Morgan fingerprint density at radius 3 is 1.56 bits per heavy atom. The van der Waals surface area contributed by atoms with E-state index in [1.54, 1.807) is 0 Å². The lowest BCUT2D eigenvalue weighted by molar-refractivity contribution is 0.334. The highest BCUT2D eigenvalue weighted by Crippen LogP contribution is 2.21. The van der Waals surface area contributed by atoms with Crippen molar-refractivity contribution < 1.29 is 4.39 Å². The predicted molar refractivity (Wildman–Crippen MR) is 71.6 cm³/mol. The van der Waals surface area contributed by atoms with Gasteiger partial charge in [0.2, 0.25) is 0 Å². The van der Waals surface area contributed by atoms with Gasteiger partial charge in [0.15, 0.2) is 0 Å². The van der Waals surface area contributed by atoms with Crippen LogP contribution in [0.15, 0.2) is 0 Å². The number of rotatable bonds is 12. The molecular weight excluding hydrogens is 199 g/mol. The van der Waals surface area contributed by atoms with Crippen LogP contribution in [0.5, 0.6) is 0 Å². The van der Waals surface area contributed by atoms with Gasteiger partial charge in [-0.05, 0) is 12.3 Å². The molecule has 0 bridgehead atoms. The molecule has 0 aliphatic rings. The number of hydrogen-bond acceptors (Lipinski definition) is 0. The van der Waals surface area contributed by atoms with Crippen molar-refractivity contribution >= 4 is 0 Å². The van der Waals surface area contributed by atoms with E-state index in [0.29, 0.717) is 5.92 Å². The third-order valence-electron chi connectivity index (χ3n) is 3.45. The molecule has 16 heavy (non-hydrogen) atoms. The fraction of sp³-hybridized carbons (Fsp3) is 1.00. The van der Waals surface area contributed by atoms with Gasteiger partial charge in [0.05, 0.1) is 6.67 Å². The molecule has 0 saturated heterocycles. The van der Waals surface area contributed by atoms with Crippen molar-refractivity contribution in [1.29, 1.82) is 0 Å². The molecule has 0 saturated carbocycles. The van der Waals surface area contributed by atoms with Gasteiger partial charge in [-0.25, -0.2) is 0 Å². The van der Waals surface area contributed by atoms with Crippen LogP contribution in [0, 0.1) is 5.92 Å². The Balaban J connectivity index is 3.45. The molecule has 0 aromatic carbocycles. The van der Waals surface area contributed by atoms with Gasteiger partial charge < -0.3 is 0 Å². The van der Waals surface area contributed by atoms with E-state index in [1.165, 1.54) is 64.2 Å². The topological polar surface area (TPSA) is 0 Å². The summed E-state index contributed by atoms with van der Waals surface area (Å²) in [7, 11) is 0. The maximum atomic E-state index is 12.4. The van der Waals surface area contributed by atoms with E-state index in [4.69, 9.17) is 0 Å². The van der Waals surface area contributed by atoms with Crippen molar-refractivity contribution in [3.8, 4) is 0 Å². The van der Waals surface area contributed by atoms with Gasteiger partial charge in [-0.3, -0.25) is 4.39 Å². The fourth-order valence-electron chi connectivity index (χ4n) is 2.31. The summed E-state index contributed by atoms with van der Waals surface area (Å²) < 4.78 is 12.4. The molecule has 0 aromatic rings. The van der Waals surface area contributed by atoms with Crippen LogP contribution in [0.1, 0.15) is 84.5 Å². The molecule has 0 aromatic heterocycles. The van der Waals surface area contributed by atoms with E-state index in [9.17, 15) is 4.39 Å². The highest BCUT2D eigenvalue weighted by atomic mass is 19.1. The highest BCUT2D eigenvalue weighted by molar-refractivity contribution is 4.60. The van der Waals surface area contributed by atoms with Gasteiger partial charge >= 0.3 is 0 Å². The van der Waals surface area contributed by atoms with Crippen LogP contribution in [0.2, 0.25) is 0 Å². The molecule has 0 nitrogen and oxygen atoms in total. The zero-order chi connectivity index (χ0) is 12.1. The first kappa shape index (κ1) is 15.9. The zero-order valence-electron chi connectivity index (χ0n) is 11.4. The number of alkyl halides is 1. The lowest BCUT2D eigenvalue weighted by Crippen LogP contribution is -2.02. The van der Waals surface area contributed by atoms with E-state index in [0.717, 1.165) is 6.42 Å². The maximum Gasteiger partial charge on any atom is 0.0897 e. The smallest absolute Gasteiger partial charge is 0.0897 e. The van der Waals surface area contributed by atoms with Gasteiger partial charge in [0.1, 0.15) is 0 Å². The van der Waals surface area contributed by atoms with Crippen LogP contribution in [0.25, 0.3) is 0 Å². The molecule has 0 aliphatic heterocycles. The first-order valence-corrected chi connectivity index (χ1v) is 7.41. The maximum absolute atomic E-state index is 12.4. The van der Waals surface area contributed by atoms with Crippen LogP contribution < -0.4 is 0 Å². The lowest BCUT2D eigenvalue weighted by atomic mass is 9.92. The van der Waals surface area contributed by atoms with E-state index in [-0.39, 0.29) is 6.67 Å². The largest absolute Gasteiger partial charge is 0.251 e.